The Hall–Kier alpha value is -5.88. The Bertz CT molecular complexity index is 2660. The van der Waals surface area contributed by atoms with E-state index in [-0.39, 0.29) is 0 Å². The molecule has 0 amide bonds. The summed E-state index contributed by atoms with van der Waals surface area (Å²) in [6.45, 7) is 0. The van der Waals surface area contributed by atoms with E-state index in [2.05, 4.69) is 118 Å². The lowest BCUT2D eigenvalue weighted by Crippen LogP contribution is -2.00. The van der Waals surface area contributed by atoms with Gasteiger partial charge in [-0.25, -0.2) is 0 Å². The minimum atomic E-state index is 0.480. The van der Waals surface area contributed by atoms with Gasteiger partial charge in [-0.05, 0) is 48.5 Å². The zero-order valence-electron chi connectivity index (χ0n) is 22.7. The van der Waals surface area contributed by atoms with Gasteiger partial charge in [-0.3, -0.25) is 0 Å². The normalized spacial score (nSPS) is 11.7. The van der Waals surface area contributed by atoms with Crippen LogP contribution in [-0.4, -0.2) is 9.13 Å². The summed E-state index contributed by atoms with van der Waals surface area (Å²) in [5.41, 5.74) is 7.08. The molecule has 0 fully saturated rings. The summed E-state index contributed by atoms with van der Waals surface area (Å²) < 4.78 is 6.93. The molecule has 0 unspecified atom stereocenters. The standard InChI is InChI=1S/C38H20N4S/c39-21-23-9-8-10-24(22-40)36(23)42-31-16-7-5-14-29(31)35-33(42)20-18-27-26-17-19-32-34(37(26)43-38(27)35)28-13-4-6-15-30(28)41(32)25-11-2-1-3-12-25/h1-20H. The van der Waals surface area contributed by atoms with Crippen LogP contribution in [0.5, 0.6) is 0 Å². The summed E-state index contributed by atoms with van der Waals surface area (Å²) in [6.07, 6.45) is 0. The number of hydrogen-bond acceptors (Lipinski definition) is 3. The molecule has 0 saturated carbocycles. The third-order valence-electron chi connectivity index (χ3n) is 8.59. The Morgan fingerprint density at radius 1 is 0.442 bits per heavy atom. The second kappa shape index (κ2) is 8.81. The number of rotatable bonds is 2. The molecule has 9 rings (SSSR count). The van der Waals surface area contributed by atoms with Crippen molar-refractivity contribution in [2.75, 3.05) is 0 Å². The van der Waals surface area contributed by atoms with Crippen LogP contribution in [0.1, 0.15) is 11.1 Å². The van der Waals surface area contributed by atoms with Gasteiger partial charge in [-0.1, -0.05) is 72.8 Å². The monoisotopic (exact) mass is 564 g/mol. The van der Waals surface area contributed by atoms with Gasteiger partial charge < -0.3 is 9.13 Å². The van der Waals surface area contributed by atoms with Gasteiger partial charge in [0.05, 0.1) is 38.9 Å². The molecule has 3 heterocycles. The van der Waals surface area contributed by atoms with Crippen LogP contribution in [0.15, 0.2) is 121 Å². The first kappa shape index (κ1) is 23.8. The highest BCUT2D eigenvalue weighted by atomic mass is 32.1. The molecule has 0 N–H and O–H groups in total. The molecule has 9 aromatic rings. The molecule has 3 aromatic heterocycles. The number of nitriles is 2. The molecule has 0 spiro atoms. The second-order valence-electron chi connectivity index (χ2n) is 10.7. The maximum atomic E-state index is 10.0. The lowest BCUT2D eigenvalue weighted by atomic mass is 10.1. The summed E-state index contributed by atoms with van der Waals surface area (Å²) in [5.74, 6) is 0. The molecule has 5 heteroatoms. The predicted octanol–water partition coefficient (Wildman–Crippen LogP) is 9.99. The Kier molecular flexibility index (Phi) is 4.87. The van der Waals surface area contributed by atoms with Gasteiger partial charge >= 0.3 is 0 Å². The largest absolute Gasteiger partial charge is 0.309 e. The van der Waals surface area contributed by atoms with Gasteiger partial charge in [0, 0.05) is 47.4 Å². The van der Waals surface area contributed by atoms with E-state index < -0.39 is 0 Å². The van der Waals surface area contributed by atoms with Crippen molar-refractivity contribution in [3.05, 3.63) is 132 Å². The lowest BCUT2D eigenvalue weighted by molar-refractivity contribution is 1.16. The van der Waals surface area contributed by atoms with Crippen molar-refractivity contribution in [2.45, 2.75) is 0 Å². The van der Waals surface area contributed by atoms with Crippen molar-refractivity contribution in [1.82, 2.24) is 9.13 Å². The highest BCUT2D eigenvalue weighted by Gasteiger charge is 2.22. The van der Waals surface area contributed by atoms with Crippen LogP contribution in [-0.2, 0) is 0 Å². The molecule has 198 valence electrons. The zero-order valence-corrected chi connectivity index (χ0v) is 23.6. The molecular weight excluding hydrogens is 545 g/mol. The van der Waals surface area contributed by atoms with Crippen LogP contribution in [0, 0.1) is 22.7 Å². The first-order valence-corrected chi connectivity index (χ1v) is 14.9. The fourth-order valence-corrected chi connectivity index (χ4v) is 8.27. The van der Waals surface area contributed by atoms with Gasteiger partial charge in [0.25, 0.3) is 0 Å². The topological polar surface area (TPSA) is 57.4 Å². The first-order chi connectivity index (χ1) is 21.3. The fourth-order valence-electron chi connectivity index (χ4n) is 6.86. The van der Waals surface area contributed by atoms with E-state index in [1.165, 1.54) is 42.0 Å². The van der Waals surface area contributed by atoms with Crippen LogP contribution in [0.4, 0.5) is 0 Å². The van der Waals surface area contributed by atoms with Gasteiger partial charge in [0.1, 0.15) is 12.1 Å². The fraction of sp³-hybridized carbons (Fsp3) is 0. The third-order valence-corrected chi connectivity index (χ3v) is 9.85. The van der Waals surface area contributed by atoms with Crippen molar-refractivity contribution in [3.63, 3.8) is 0 Å². The molecule has 0 atom stereocenters. The molecule has 0 radical (unpaired) electrons. The van der Waals surface area contributed by atoms with Crippen LogP contribution in [0.2, 0.25) is 0 Å². The Labute approximate surface area is 250 Å². The highest BCUT2D eigenvalue weighted by Crippen LogP contribution is 2.47. The average Bonchev–Trinajstić information content (AvgIpc) is 3.72. The summed E-state index contributed by atoms with van der Waals surface area (Å²) in [4.78, 5) is 0. The SMILES string of the molecule is N#Cc1cccc(C#N)c1-n1c2ccccc2c2c3sc4c(ccc5c4c4ccccc4n5-c4ccccc4)c3ccc21. The van der Waals surface area contributed by atoms with Crippen molar-refractivity contribution < 1.29 is 0 Å². The second-order valence-corrected chi connectivity index (χ2v) is 11.8. The molecule has 43 heavy (non-hydrogen) atoms. The Morgan fingerprint density at radius 3 is 1.53 bits per heavy atom. The van der Waals surface area contributed by atoms with Crippen LogP contribution >= 0.6 is 11.3 Å². The Balaban J connectivity index is 1.46. The lowest BCUT2D eigenvalue weighted by Gasteiger charge is -2.11. The predicted molar refractivity (Wildman–Crippen MR) is 177 cm³/mol. The van der Waals surface area contributed by atoms with E-state index in [0.717, 1.165) is 27.5 Å². The number of benzene rings is 6. The molecule has 6 aromatic carbocycles. The molecule has 0 aliphatic carbocycles. The van der Waals surface area contributed by atoms with Crippen molar-refractivity contribution in [2.24, 2.45) is 0 Å². The molecule has 4 nitrogen and oxygen atoms in total. The summed E-state index contributed by atoms with van der Waals surface area (Å²) in [6, 6.07) is 46.4. The van der Waals surface area contributed by atoms with Crippen LogP contribution in [0.3, 0.4) is 0 Å². The molecule has 0 aliphatic rings. The van der Waals surface area contributed by atoms with Gasteiger partial charge in [-0.15, -0.1) is 11.3 Å². The molecule has 0 saturated heterocycles. The summed E-state index contributed by atoms with van der Waals surface area (Å²) in [7, 11) is 0. The van der Waals surface area contributed by atoms with E-state index in [9.17, 15) is 10.5 Å². The maximum absolute atomic E-state index is 10.0. The molecule has 0 aliphatic heterocycles. The number of thiophene rings is 1. The number of aromatic nitrogens is 2. The van der Waals surface area contributed by atoms with E-state index >= 15 is 0 Å². The Morgan fingerprint density at radius 2 is 0.953 bits per heavy atom. The van der Waals surface area contributed by atoms with Crippen molar-refractivity contribution in [3.8, 4) is 23.5 Å². The van der Waals surface area contributed by atoms with Crippen molar-refractivity contribution >= 4 is 75.1 Å². The molecular formula is C38H20N4S. The van der Waals surface area contributed by atoms with E-state index in [0.29, 0.717) is 16.8 Å². The smallest absolute Gasteiger partial charge is 0.101 e. The number of fused-ring (bicyclic) bond motifs is 11. The third kappa shape index (κ3) is 3.12. The van der Waals surface area contributed by atoms with Gasteiger partial charge in [0.2, 0.25) is 0 Å². The zero-order chi connectivity index (χ0) is 28.7. The van der Waals surface area contributed by atoms with E-state index in [4.69, 9.17) is 0 Å². The quantitative estimate of drug-likeness (QED) is 0.210. The number of nitrogens with zero attached hydrogens (tertiary/aromatic N) is 4. The summed E-state index contributed by atoms with van der Waals surface area (Å²) in [5, 5.41) is 27.3. The van der Waals surface area contributed by atoms with Crippen LogP contribution in [0.25, 0.3) is 75.2 Å². The number of hydrogen-bond donors (Lipinski definition) is 0. The molecule has 0 bridgehead atoms. The highest BCUT2D eigenvalue weighted by molar-refractivity contribution is 7.27. The average molecular weight is 565 g/mol. The van der Waals surface area contributed by atoms with E-state index in [1.807, 2.05) is 17.4 Å². The number of para-hydroxylation sites is 4. The maximum Gasteiger partial charge on any atom is 0.101 e. The van der Waals surface area contributed by atoms with Gasteiger partial charge in [-0.2, -0.15) is 10.5 Å². The van der Waals surface area contributed by atoms with Gasteiger partial charge in [0.15, 0.2) is 0 Å². The van der Waals surface area contributed by atoms with Crippen LogP contribution < -0.4 is 0 Å². The minimum absolute atomic E-state index is 0.480. The van der Waals surface area contributed by atoms with E-state index in [1.54, 1.807) is 18.2 Å². The summed E-state index contributed by atoms with van der Waals surface area (Å²) >= 11 is 1.83. The first-order valence-electron chi connectivity index (χ1n) is 14.1. The minimum Gasteiger partial charge on any atom is -0.309 e. The van der Waals surface area contributed by atoms with Crippen molar-refractivity contribution in [1.29, 1.82) is 10.5 Å².